The van der Waals surface area contributed by atoms with E-state index in [4.69, 9.17) is 4.74 Å². The lowest BCUT2D eigenvalue weighted by Gasteiger charge is -2.10. The number of ether oxygens (including phenoxy) is 1. The second-order valence-corrected chi connectivity index (χ2v) is 7.13. The van der Waals surface area contributed by atoms with Gasteiger partial charge in [0.1, 0.15) is 0 Å². The summed E-state index contributed by atoms with van der Waals surface area (Å²) in [6, 6.07) is 19.5. The molecule has 0 amide bonds. The van der Waals surface area contributed by atoms with Crippen LogP contribution >= 0.6 is 0 Å². The zero-order valence-corrected chi connectivity index (χ0v) is 16.8. The van der Waals surface area contributed by atoms with Gasteiger partial charge >= 0.3 is 5.97 Å². The van der Waals surface area contributed by atoms with Crippen molar-refractivity contribution in [3.63, 3.8) is 0 Å². The molecule has 6 heteroatoms. The number of rotatable bonds is 4. The molecule has 0 bridgehead atoms. The lowest BCUT2D eigenvalue weighted by molar-refractivity contribution is 0.0726. The van der Waals surface area contributed by atoms with Gasteiger partial charge < -0.3 is 4.74 Å². The Morgan fingerprint density at radius 1 is 0.625 bits per heavy atom. The van der Waals surface area contributed by atoms with Crippen molar-refractivity contribution in [2.45, 2.75) is 6.92 Å². The van der Waals surface area contributed by atoms with Gasteiger partial charge in [-0.1, -0.05) is 60.7 Å². The van der Waals surface area contributed by atoms with E-state index < -0.39 is 35.0 Å². The van der Waals surface area contributed by atoms with Crippen molar-refractivity contribution in [3.05, 3.63) is 113 Å². The summed E-state index contributed by atoms with van der Waals surface area (Å²) in [6.07, 6.45) is 0. The summed E-state index contributed by atoms with van der Waals surface area (Å²) in [7, 11) is 0. The highest BCUT2D eigenvalue weighted by molar-refractivity contribution is 5.91. The van der Waals surface area contributed by atoms with Gasteiger partial charge in [-0.25, -0.2) is 18.0 Å². The Hall–Kier alpha value is -3.93. The van der Waals surface area contributed by atoms with Crippen molar-refractivity contribution in [1.29, 1.82) is 0 Å². The molecule has 32 heavy (non-hydrogen) atoms. The van der Waals surface area contributed by atoms with Crippen LogP contribution in [-0.2, 0) is 0 Å². The SMILES string of the molecule is Cc1ccc(OC(=O)c2ccc(-c3ccc(-c4ccccc4)c(F)c3F)cc2)c(F)c1F. The first-order valence-corrected chi connectivity index (χ1v) is 9.67. The maximum atomic E-state index is 14.8. The third-order valence-corrected chi connectivity index (χ3v) is 5.04. The van der Waals surface area contributed by atoms with Crippen LogP contribution in [-0.4, -0.2) is 5.97 Å². The van der Waals surface area contributed by atoms with Gasteiger partial charge in [0.15, 0.2) is 23.2 Å². The number of aryl methyl sites for hydroxylation is 1. The van der Waals surface area contributed by atoms with Gasteiger partial charge in [0.25, 0.3) is 0 Å². The molecule has 0 spiro atoms. The standard InChI is InChI=1S/C26H16F4O2/c1-15-7-14-21(25(30)22(15)27)32-26(31)18-10-8-17(9-11-18)20-13-12-19(23(28)24(20)29)16-5-3-2-4-6-16/h2-14H,1H3. The van der Waals surface area contributed by atoms with Crippen LogP contribution in [0.25, 0.3) is 22.3 Å². The summed E-state index contributed by atoms with van der Waals surface area (Å²) >= 11 is 0. The van der Waals surface area contributed by atoms with Gasteiger partial charge in [-0.15, -0.1) is 0 Å². The minimum absolute atomic E-state index is 0.0220. The van der Waals surface area contributed by atoms with Crippen LogP contribution in [0, 0.1) is 30.2 Å². The monoisotopic (exact) mass is 436 g/mol. The quantitative estimate of drug-likeness (QED) is 0.194. The van der Waals surface area contributed by atoms with Crippen molar-refractivity contribution >= 4 is 5.97 Å². The molecule has 0 aliphatic heterocycles. The van der Waals surface area contributed by atoms with Crippen LogP contribution in [0.15, 0.2) is 78.9 Å². The van der Waals surface area contributed by atoms with Gasteiger partial charge in [0.05, 0.1) is 5.56 Å². The third-order valence-electron chi connectivity index (χ3n) is 5.04. The number of benzene rings is 4. The number of carbonyl (C=O) groups excluding carboxylic acids is 1. The highest BCUT2D eigenvalue weighted by Gasteiger charge is 2.18. The first-order valence-electron chi connectivity index (χ1n) is 9.67. The summed E-state index contributed by atoms with van der Waals surface area (Å²) in [6.45, 7) is 1.39. The predicted molar refractivity (Wildman–Crippen MR) is 113 cm³/mol. The summed E-state index contributed by atoms with van der Waals surface area (Å²) in [5, 5.41) is 0. The molecule has 0 N–H and O–H groups in total. The fourth-order valence-corrected chi connectivity index (χ4v) is 3.26. The number of hydrogen-bond donors (Lipinski definition) is 0. The Balaban J connectivity index is 1.58. The molecule has 2 nitrogen and oxygen atoms in total. The van der Waals surface area contributed by atoms with Crippen molar-refractivity contribution in [3.8, 4) is 28.0 Å². The lowest BCUT2D eigenvalue weighted by atomic mass is 9.98. The molecule has 0 heterocycles. The Morgan fingerprint density at radius 2 is 1.19 bits per heavy atom. The van der Waals surface area contributed by atoms with Crippen molar-refractivity contribution in [1.82, 2.24) is 0 Å². The van der Waals surface area contributed by atoms with Crippen molar-refractivity contribution in [2.24, 2.45) is 0 Å². The zero-order chi connectivity index (χ0) is 22.8. The minimum Gasteiger partial charge on any atom is -0.420 e. The van der Waals surface area contributed by atoms with E-state index in [-0.39, 0.29) is 22.3 Å². The molecule has 0 aromatic heterocycles. The molecule has 0 aliphatic rings. The van der Waals surface area contributed by atoms with E-state index in [2.05, 4.69) is 0 Å². The molecule has 0 radical (unpaired) electrons. The van der Waals surface area contributed by atoms with Gasteiger partial charge in [-0.3, -0.25) is 0 Å². The largest absolute Gasteiger partial charge is 0.420 e. The van der Waals surface area contributed by atoms with Crippen LogP contribution < -0.4 is 4.74 Å². The predicted octanol–water partition coefficient (Wildman–Crippen LogP) is 7.10. The minimum atomic E-state index is -1.26. The molecule has 0 saturated heterocycles. The first kappa shape index (κ1) is 21.3. The Kier molecular flexibility index (Phi) is 5.77. The number of halogens is 4. The second-order valence-electron chi connectivity index (χ2n) is 7.13. The number of hydrogen-bond acceptors (Lipinski definition) is 2. The maximum absolute atomic E-state index is 14.8. The maximum Gasteiger partial charge on any atom is 0.343 e. The van der Waals surface area contributed by atoms with Crippen LogP contribution in [0.3, 0.4) is 0 Å². The topological polar surface area (TPSA) is 26.3 Å². The molecule has 0 unspecified atom stereocenters. The van der Waals surface area contributed by atoms with Crippen molar-refractivity contribution in [2.75, 3.05) is 0 Å². The third kappa shape index (κ3) is 3.99. The molecule has 4 aromatic rings. The smallest absolute Gasteiger partial charge is 0.343 e. The fraction of sp³-hybridized carbons (Fsp3) is 0.0385. The fourth-order valence-electron chi connectivity index (χ4n) is 3.26. The van der Waals surface area contributed by atoms with Gasteiger partial charge in [-0.05, 0) is 41.8 Å². The highest BCUT2D eigenvalue weighted by atomic mass is 19.2. The Bertz CT molecular complexity index is 1300. The van der Waals surface area contributed by atoms with E-state index in [0.717, 1.165) is 6.07 Å². The molecule has 0 fully saturated rings. The molecule has 4 rings (SSSR count). The highest BCUT2D eigenvalue weighted by Crippen LogP contribution is 2.31. The van der Waals surface area contributed by atoms with Gasteiger partial charge in [0.2, 0.25) is 5.82 Å². The molecule has 0 saturated carbocycles. The van der Waals surface area contributed by atoms with Gasteiger partial charge in [0, 0.05) is 11.1 Å². The van der Waals surface area contributed by atoms with Crippen LogP contribution in [0.2, 0.25) is 0 Å². The van der Waals surface area contributed by atoms with Crippen LogP contribution in [0.5, 0.6) is 5.75 Å². The van der Waals surface area contributed by atoms with E-state index in [0.29, 0.717) is 11.1 Å². The average molecular weight is 436 g/mol. The summed E-state index contributed by atoms with van der Waals surface area (Å²) in [5.41, 5.74) is 1.17. The van der Waals surface area contributed by atoms with Crippen LogP contribution in [0.1, 0.15) is 15.9 Å². The first-order chi connectivity index (χ1) is 15.4. The van der Waals surface area contributed by atoms with E-state index >= 15 is 0 Å². The summed E-state index contributed by atoms with van der Waals surface area (Å²) < 4.78 is 61.9. The Labute approximate surface area is 181 Å². The van der Waals surface area contributed by atoms with E-state index in [9.17, 15) is 22.4 Å². The van der Waals surface area contributed by atoms with E-state index in [1.54, 1.807) is 30.3 Å². The summed E-state index contributed by atoms with van der Waals surface area (Å²) in [4.78, 5) is 12.3. The zero-order valence-electron chi connectivity index (χ0n) is 16.8. The molecular formula is C26H16F4O2. The number of carbonyl (C=O) groups is 1. The van der Waals surface area contributed by atoms with Crippen LogP contribution in [0.4, 0.5) is 17.6 Å². The van der Waals surface area contributed by atoms with E-state index in [1.165, 1.54) is 49.4 Å². The van der Waals surface area contributed by atoms with Gasteiger partial charge in [-0.2, -0.15) is 4.39 Å². The lowest BCUT2D eigenvalue weighted by Crippen LogP contribution is -2.10. The van der Waals surface area contributed by atoms with Crippen molar-refractivity contribution < 1.29 is 27.1 Å². The number of esters is 1. The second kappa shape index (κ2) is 8.67. The normalized spacial score (nSPS) is 10.8. The molecular weight excluding hydrogens is 420 g/mol. The average Bonchev–Trinajstić information content (AvgIpc) is 2.82. The summed E-state index contributed by atoms with van der Waals surface area (Å²) in [5.74, 6) is -5.79. The molecule has 0 atom stereocenters. The molecule has 160 valence electrons. The molecule has 4 aromatic carbocycles. The van der Waals surface area contributed by atoms with E-state index in [1.807, 2.05) is 0 Å². The molecule has 0 aliphatic carbocycles. The Morgan fingerprint density at radius 3 is 1.78 bits per heavy atom.